The fourth-order valence-electron chi connectivity index (χ4n) is 2.65. The molecular formula is C18H14BrClN2O3S. The minimum atomic E-state index is -0.103. The van der Waals surface area contributed by atoms with Crippen LogP contribution in [0.3, 0.4) is 0 Å². The maximum Gasteiger partial charge on any atom is 0.276 e. The van der Waals surface area contributed by atoms with Crippen molar-refractivity contribution >= 4 is 56.8 Å². The molecular weight excluding hydrogens is 440 g/mol. The van der Waals surface area contributed by atoms with Gasteiger partial charge in [-0.2, -0.15) is 0 Å². The number of nitrogens with zero attached hydrogens (tertiary/aromatic N) is 1. The smallest absolute Gasteiger partial charge is 0.276 e. The number of rotatable bonds is 5. The highest BCUT2D eigenvalue weighted by molar-refractivity contribution is 9.10. The molecule has 26 heavy (non-hydrogen) atoms. The molecule has 2 fully saturated rings. The van der Waals surface area contributed by atoms with E-state index in [2.05, 4.69) is 21.2 Å². The molecule has 0 spiro atoms. The maximum absolute atomic E-state index is 12.4. The summed E-state index contributed by atoms with van der Waals surface area (Å²) in [7, 11) is 0. The first-order chi connectivity index (χ1) is 12.5. The topological polar surface area (TPSA) is 54.7 Å². The van der Waals surface area contributed by atoms with Gasteiger partial charge in [0.15, 0.2) is 5.11 Å². The lowest BCUT2D eigenvalue weighted by Crippen LogP contribution is -2.32. The van der Waals surface area contributed by atoms with Crippen molar-refractivity contribution in [2.45, 2.75) is 25.5 Å². The number of thiocarbonyl (C=S) groups is 1. The monoisotopic (exact) mass is 452 g/mol. The molecule has 1 saturated heterocycles. The zero-order chi connectivity index (χ0) is 18.3. The average Bonchev–Trinajstić information content (AvgIpc) is 3.25. The molecule has 4 rings (SSSR count). The van der Waals surface area contributed by atoms with Gasteiger partial charge in [-0.05, 0) is 55.4 Å². The number of hydrogen-bond acceptors (Lipinski definition) is 4. The third-order valence-electron chi connectivity index (χ3n) is 4.05. The Morgan fingerprint density at radius 1 is 1.38 bits per heavy atom. The normalized spacial score (nSPS) is 18.5. The molecule has 2 aromatic rings. The number of amides is 1. The number of carbonyl (C=O) groups excluding carboxylic acids is 1. The molecule has 134 valence electrons. The molecule has 1 saturated carbocycles. The van der Waals surface area contributed by atoms with Crippen molar-refractivity contribution in [3.63, 3.8) is 0 Å². The lowest BCUT2D eigenvalue weighted by molar-refractivity contribution is -0.122. The van der Waals surface area contributed by atoms with Crippen LogP contribution >= 0.6 is 39.7 Å². The Labute approximate surface area is 169 Å². The van der Waals surface area contributed by atoms with Crippen molar-refractivity contribution in [3.05, 3.63) is 57.0 Å². The number of ether oxygens (including phenoxy) is 1. The molecule has 0 radical (unpaired) electrons. The van der Waals surface area contributed by atoms with Crippen LogP contribution in [0.5, 0.6) is 5.75 Å². The summed E-state index contributed by atoms with van der Waals surface area (Å²) in [5, 5.41) is 3.94. The molecule has 0 atom stereocenters. The predicted molar refractivity (Wildman–Crippen MR) is 106 cm³/mol. The number of benzene rings is 1. The van der Waals surface area contributed by atoms with Gasteiger partial charge in [0.2, 0.25) is 0 Å². The van der Waals surface area contributed by atoms with Crippen LogP contribution in [0.25, 0.3) is 6.08 Å². The Morgan fingerprint density at radius 2 is 2.19 bits per heavy atom. The van der Waals surface area contributed by atoms with Gasteiger partial charge in [-0.25, -0.2) is 0 Å². The Morgan fingerprint density at radius 3 is 2.92 bits per heavy atom. The molecule has 8 heteroatoms. The number of hydrogen-bond donors (Lipinski definition) is 1. The van der Waals surface area contributed by atoms with Crippen LogP contribution < -0.4 is 10.1 Å². The molecule has 1 aliphatic heterocycles. The first kappa shape index (κ1) is 17.6. The average molecular weight is 454 g/mol. The van der Waals surface area contributed by atoms with Gasteiger partial charge < -0.3 is 14.5 Å². The standard InChI is InChI=1S/C18H14BrClN2O3S/c19-10-1-6-16(14(20)7-10)24-9-13-5-4-12(25-13)8-15-17(23)22(11-2-3-11)18(26)21-15/h1,4-8,11H,2-3,9H2,(H,21,26)/b15-8+. The Bertz CT molecular complexity index is 923. The van der Waals surface area contributed by atoms with Crippen LogP contribution in [0.15, 0.2) is 44.9 Å². The van der Waals surface area contributed by atoms with E-state index in [9.17, 15) is 4.79 Å². The quantitative estimate of drug-likeness (QED) is 0.534. The number of carbonyl (C=O) groups is 1. The summed E-state index contributed by atoms with van der Waals surface area (Å²) in [6, 6.07) is 9.23. The summed E-state index contributed by atoms with van der Waals surface area (Å²) < 4.78 is 12.3. The molecule has 1 N–H and O–H groups in total. The van der Waals surface area contributed by atoms with E-state index in [4.69, 9.17) is 33.0 Å². The molecule has 5 nitrogen and oxygen atoms in total. The highest BCUT2D eigenvalue weighted by Gasteiger charge is 2.41. The lowest BCUT2D eigenvalue weighted by atomic mass is 10.3. The molecule has 1 aromatic heterocycles. The summed E-state index contributed by atoms with van der Waals surface area (Å²) in [5.74, 6) is 1.65. The molecule has 2 heterocycles. The highest BCUT2D eigenvalue weighted by Crippen LogP contribution is 2.31. The van der Waals surface area contributed by atoms with E-state index in [0.717, 1.165) is 17.3 Å². The third-order valence-corrected chi connectivity index (χ3v) is 5.14. The summed E-state index contributed by atoms with van der Waals surface area (Å²) >= 11 is 14.7. The van der Waals surface area contributed by atoms with Crippen LogP contribution in [-0.2, 0) is 11.4 Å². The van der Waals surface area contributed by atoms with Gasteiger partial charge in [0.05, 0.1) is 5.02 Å². The Balaban J connectivity index is 1.43. The van der Waals surface area contributed by atoms with E-state index in [1.807, 2.05) is 6.07 Å². The SMILES string of the molecule is O=C1/C(=C\c2ccc(COc3ccc(Br)cc3Cl)o2)NC(=S)N1C1CC1. The summed E-state index contributed by atoms with van der Waals surface area (Å²) in [6.45, 7) is 0.235. The van der Waals surface area contributed by atoms with E-state index in [1.54, 1.807) is 35.2 Å². The van der Waals surface area contributed by atoms with Crippen LogP contribution in [0.4, 0.5) is 0 Å². The lowest BCUT2D eigenvalue weighted by Gasteiger charge is -2.11. The van der Waals surface area contributed by atoms with Crippen molar-refractivity contribution in [2.75, 3.05) is 0 Å². The maximum atomic E-state index is 12.4. The van der Waals surface area contributed by atoms with E-state index >= 15 is 0 Å². The van der Waals surface area contributed by atoms with Crippen molar-refractivity contribution in [3.8, 4) is 5.75 Å². The number of furan rings is 1. The summed E-state index contributed by atoms with van der Waals surface area (Å²) in [5.41, 5.74) is 0.430. The van der Waals surface area contributed by atoms with Crippen LogP contribution in [0.2, 0.25) is 5.02 Å². The van der Waals surface area contributed by atoms with Gasteiger partial charge in [0.25, 0.3) is 5.91 Å². The molecule has 2 aliphatic rings. The van der Waals surface area contributed by atoms with E-state index < -0.39 is 0 Å². The van der Waals surface area contributed by atoms with Crippen LogP contribution in [0, 0.1) is 0 Å². The van der Waals surface area contributed by atoms with E-state index in [1.165, 1.54) is 0 Å². The van der Waals surface area contributed by atoms with E-state index in [-0.39, 0.29) is 18.6 Å². The van der Waals surface area contributed by atoms with Gasteiger partial charge in [0.1, 0.15) is 29.6 Å². The fourth-order valence-corrected chi connectivity index (χ4v) is 3.72. The fraction of sp³-hybridized carbons (Fsp3) is 0.222. The highest BCUT2D eigenvalue weighted by atomic mass is 79.9. The van der Waals surface area contributed by atoms with Gasteiger partial charge in [-0.3, -0.25) is 9.69 Å². The van der Waals surface area contributed by atoms with Crippen molar-refractivity contribution < 1.29 is 13.9 Å². The molecule has 1 aliphatic carbocycles. The zero-order valence-electron chi connectivity index (χ0n) is 13.5. The predicted octanol–water partition coefficient (Wildman–Crippen LogP) is 4.49. The summed E-state index contributed by atoms with van der Waals surface area (Å²) in [4.78, 5) is 14.0. The Hall–Kier alpha value is -1.83. The van der Waals surface area contributed by atoms with Crippen LogP contribution in [0.1, 0.15) is 24.4 Å². The van der Waals surface area contributed by atoms with Crippen molar-refractivity contribution in [1.82, 2.24) is 10.2 Å². The third kappa shape index (κ3) is 3.65. The minimum Gasteiger partial charge on any atom is -0.484 e. The largest absolute Gasteiger partial charge is 0.484 e. The Kier molecular flexibility index (Phi) is 4.77. The first-order valence-electron chi connectivity index (χ1n) is 8.04. The number of nitrogens with one attached hydrogen (secondary N) is 1. The second-order valence-corrected chi connectivity index (χ2v) is 7.77. The molecule has 1 amide bonds. The first-order valence-corrected chi connectivity index (χ1v) is 9.62. The van der Waals surface area contributed by atoms with Gasteiger partial charge in [-0.15, -0.1) is 0 Å². The zero-order valence-corrected chi connectivity index (χ0v) is 16.7. The second-order valence-electron chi connectivity index (χ2n) is 6.06. The molecule has 0 unspecified atom stereocenters. The van der Waals surface area contributed by atoms with E-state index in [0.29, 0.717) is 33.1 Å². The van der Waals surface area contributed by atoms with Gasteiger partial charge in [-0.1, -0.05) is 27.5 Å². The molecule has 0 bridgehead atoms. The molecule has 1 aromatic carbocycles. The summed E-state index contributed by atoms with van der Waals surface area (Å²) in [6.07, 6.45) is 3.66. The van der Waals surface area contributed by atoms with Gasteiger partial charge >= 0.3 is 0 Å². The minimum absolute atomic E-state index is 0.103. The second kappa shape index (κ2) is 7.06. The van der Waals surface area contributed by atoms with Crippen molar-refractivity contribution in [2.24, 2.45) is 0 Å². The van der Waals surface area contributed by atoms with Crippen LogP contribution in [-0.4, -0.2) is 22.0 Å². The van der Waals surface area contributed by atoms with Crippen molar-refractivity contribution in [1.29, 1.82) is 0 Å². The van der Waals surface area contributed by atoms with Gasteiger partial charge in [0, 0.05) is 16.6 Å². The number of halogens is 2.